The van der Waals surface area contributed by atoms with E-state index in [0.717, 1.165) is 36.2 Å². The first-order chi connectivity index (χ1) is 10.5. The molecule has 1 atom stereocenters. The SMILES string of the molecule is CCc1[nH]c(=O)sc1S(=O)(=O)N[C@H]1CCCc2ccccc21. The van der Waals surface area contributed by atoms with Crippen molar-refractivity contribution in [1.29, 1.82) is 0 Å². The van der Waals surface area contributed by atoms with E-state index in [2.05, 4.69) is 9.71 Å². The van der Waals surface area contributed by atoms with Crippen LogP contribution in [0.2, 0.25) is 0 Å². The van der Waals surface area contributed by atoms with Crippen LogP contribution in [0.5, 0.6) is 0 Å². The normalized spacial score (nSPS) is 18.1. The van der Waals surface area contributed by atoms with Crippen LogP contribution in [0.25, 0.3) is 0 Å². The highest BCUT2D eigenvalue weighted by atomic mass is 32.2. The van der Waals surface area contributed by atoms with E-state index in [0.29, 0.717) is 12.1 Å². The minimum atomic E-state index is -3.69. The molecule has 5 nitrogen and oxygen atoms in total. The Morgan fingerprint density at radius 2 is 2.14 bits per heavy atom. The van der Waals surface area contributed by atoms with E-state index in [4.69, 9.17) is 0 Å². The van der Waals surface area contributed by atoms with E-state index >= 15 is 0 Å². The van der Waals surface area contributed by atoms with Gasteiger partial charge in [-0.25, -0.2) is 13.1 Å². The molecule has 0 bridgehead atoms. The number of hydrogen-bond donors (Lipinski definition) is 2. The van der Waals surface area contributed by atoms with Crippen molar-refractivity contribution in [3.05, 3.63) is 50.8 Å². The molecule has 0 fully saturated rings. The number of aromatic amines is 1. The summed E-state index contributed by atoms with van der Waals surface area (Å²) in [5.74, 6) is 0. The molecule has 3 rings (SSSR count). The molecule has 1 aliphatic carbocycles. The smallest absolute Gasteiger partial charge is 0.306 e. The largest absolute Gasteiger partial charge is 0.315 e. The molecule has 0 unspecified atom stereocenters. The summed E-state index contributed by atoms with van der Waals surface area (Å²) < 4.78 is 28.2. The van der Waals surface area contributed by atoms with Crippen LogP contribution in [0.15, 0.2) is 33.3 Å². The lowest BCUT2D eigenvalue weighted by Gasteiger charge is -2.26. The summed E-state index contributed by atoms with van der Waals surface area (Å²) in [7, 11) is -3.69. The van der Waals surface area contributed by atoms with Gasteiger partial charge in [0.25, 0.3) is 10.0 Å². The first kappa shape index (κ1) is 15.5. The van der Waals surface area contributed by atoms with E-state index in [1.54, 1.807) is 0 Å². The Labute approximate surface area is 133 Å². The Morgan fingerprint density at radius 1 is 1.36 bits per heavy atom. The zero-order valence-corrected chi connectivity index (χ0v) is 13.9. The Balaban J connectivity index is 1.94. The van der Waals surface area contributed by atoms with Crippen LogP contribution in [-0.2, 0) is 22.9 Å². The number of sulfonamides is 1. The maximum absolute atomic E-state index is 12.6. The monoisotopic (exact) mass is 338 g/mol. The van der Waals surface area contributed by atoms with Gasteiger partial charge in [-0.05, 0) is 36.8 Å². The third-order valence-corrected chi connectivity index (χ3v) is 6.91. The average Bonchev–Trinajstić information content (AvgIpc) is 2.89. The Morgan fingerprint density at radius 3 is 2.91 bits per heavy atom. The lowest BCUT2D eigenvalue weighted by molar-refractivity contribution is 0.508. The summed E-state index contributed by atoms with van der Waals surface area (Å²) in [6.07, 6.45) is 3.19. The second-order valence-corrected chi connectivity index (χ2v) is 8.29. The van der Waals surface area contributed by atoms with Gasteiger partial charge in [0, 0.05) is 11.7 Å². The number of benzene rings is 1. The molecular weight excluding hydrogens is 320 g/mol. The molecule has 7 heteroatoms. The minimum Gasteiger partial charge on any atom is -0.315 e. The molecule has 1 aliphatic rings. The summed E-state index contributed by atoms with van der Waals surface area (Å²) in [4.78, 5) is 13.7. The fraction of sp³-hybridized carbons (Fsp3) is 0.400. The van der Waals surface area contributed by atoms with Crippen molar-refractivity contribution >= 4 is 21.4 Å². The van der Waals surface area contributed by atoms with Gasteiger partial charge in [-0.2, -0.15) is 0 Å². The molecule has 2 aromatic rings. The fourth-order valence-electron chi connectivity index (χ4n) is 2.91. The standard InChI is InChI=1S/C15H18N2O3S2/c1-2-12-14(21-15(18)16-12)22(19,20)17-13-9-5-7-10-6-3-4-8-11(10)13/h3-4,6,8,13,17H,2,5,7,9H2,1H3,(H,16,18)/t13-/m0/s1. The highest BCUT2D eigenvalue weighted by Crippen LogP contribution is 2.31. The van der Waals surface area contributed by atoms with Crippen LogP contribution >= 0.6 is 11.3 Å². The van der Waals surface area contributed by atoms with Gasteiger partial charge in [-0.15, -0.1) is 0 Å². The summed E-state index contributed by atoms with van der Waals surface area (Å²) >= 11 is 0.754. The van der Waals surface area contributed by atoms with Crippen molar-refractivity contribution in [3.63, 3.8) is 0 Å². The molecule has 1 aromatic carbocycles. The highest BCUT2D eigenvalue weighted by molar-refractivity contribution is 7.91. The molecule has 0 saturated carbocycles. The predicted octanol–water partition coefficient (Wildman–Crippen LogP) is 2.35. The predicted molar refractivity (Wildman–Crippen MR) is 86.8 cm³/mol. The molecule has 0 radical (unpaired) electrons. The van der Waals surface area contributed by atoms with Crippen LogP contribution in [0, 0.1) is 0 Å². The van der Waals surface area contributed by atoms with Crippen LogP contribution in [-0.4, -0.2) is 13.4 Å². The van der Waals surface area contributed by atoms with E-state index in [-0.39, 0.29) is 15.1 Å². The molecule has 118 valence electrons. The van der Waals surface area contributed by atoms with E-state index in [1.807, 2.05) is 31.2 Å². The summed E-state index contributed by atoms with van der Waals surface area (Å²) in [6.45, 7) is 1.83. The third-order valence-electron chi connectivity index (χ3n) is 3.95. The summed E-state index contributed by atoms with van der Waals surface area (Å²) in [5, 5.41) is 0. The lowest BCUT2D eigenvalue weighted by Crippen LogP contribution is -2.31. The highest BCUT2D eigenvalue weighted by Gasteiger charge is 2.28. The van der Waals surface area contributed by atoms with Crippen LogP contribution in [0.3, 0.4) is 0 Å². The molecular formula is C15H18N2O3S2. The Bertz CT molecular complexity index is 836. The second-order valence-electron chi connectivity index (χ2n) is 5.40. The van der Waals surface area contributed by atoms with Crippen molar-refractivity contribution in [3.8, 4) is 0 Å². The van der Waals surface area contributed by atoms with Gasteiger partial charge >= 0.3 is 4.87 Å². The van der Waals surface area contributed by atoms with Crippen molar-refractivity contribution in [2.45, 2.75) is 42.9 Å². The van der Waals surface area contributed by atoms with Crippen molar-refractivity contribution in [2.75, 3.05) is 0 Å². The first-order valence-corrected chi connectivity index (χ1v) is 9.63. The van der Waals surface area contributed by atoms with Gasteiger partial charge < -0.3 is 4.98 Å². The lowest BCUT2D eigenvalue weighted by atomic mass is 9.88. The van der Waals surface area contributed by atoms with Gasteiger partial charge in [-0.3, -0.25) is 4.79 Å². The van der Waals surface area contributed by atoms with E-state index in [1.165, 1.54) is 5.56 Å². The van der Waals surface area contributed by atoms with Gasteiger partial charge in [0.05, 0.1) is 0 Å². The topological polar surface area (TPSA) is 79.0 Å². The zero-order chi connectivity index (χ0) is 15.7. The number of aryl methyl sites for hydroxylation is 2. The maximum Gasteiger partial charge on any atom is 0.306 e. The number of nitrogens with one attached hydrogen (secondary N) is 2. The molecule has 0 aliphatic heterocycles. The van der Waals surface area contributed by atoms with Crippen LogP contribution in [0.1, 0.15) is 42.6 Å². The molecule has 0 spiro atoms. The maximum atomic E-state index is 12.6. The summed E-state index contributed by atoms with van der Waals surface area (Å²) in [6, 6.07) is 7.70. The van der Waals surface area contributed by atoms with Crippen molar-refractivity contribution in [2.24, 2.45) is 0 Å². The molecule has 0 saturated heterocycles. The van der Waals surface area contributed by atoms with Crippen molar-refractivity contribution < 1.29 is 8.42 Å². The average molecular weight is 338 g/mol. The van der Waals surface area contributed by atoms with Gasteiger partial charge in [-0.1, -0.05) is 42.5 Å². The number of hydrogen-bond acceptors (Lipinski definition) is 4. The van der Waals surface area contributed by atoms with E-state index in [9.17, 15) is 13.2 Å². The number of fused-ring (bicyclic) bond motifs is 1. The van der Waals surface area contributed by atoms with E-state index < -0.39 is 10.0 Å². The molecule has 22 heavy (non-hydrogen) atoms. The molecule has 1 aromatic heterocycles. The van der Waals surface area contributed by atoms with Crippen molar-refractivity contribution in [1.82, 2.24) is 9.71 Å². The summed E-state index contributed by atoms with van der Waals surface area (Å²) in [5.41, 5.74) is 2.71. The second kappa shape index (κ2) is 5.98. The Kier molecular flexibility index (Phi) is 4.20. The van der Waals surface area contributed by atoms with Gasteiger partial charge in [0.2, 0.25) is 0 Å². The van der Waals surface area contributed by atoms with Gasteiger partial charge in [0.1, 0.15) is 0 Å². The van der Waals surface area contributed by atoms with Crippen LogP contribution in [0.4, 0.5) is 0 Å². The van der Waals surface area contributed by atoms with Crippen LogP contribution < -0.4 is 9.60 Å². The Hall–Kier alpha value is -1.44. The fourth-order valence-corrected chi connectivity index (χ4v) is 5.63. The number of aromatic nitrogens is 1. The molecule has 1 heterocycles. The third kappa shape index (κ3) is 2.88. The number of H-pyrrole nitrogens is 1. The first-order valence-electron chi connectivity index (χ1n) is 7.33. The molecule has 2 N–H and O–H groups in total. The molecule has 0 amide bonds. The number of rotatable bonds is 4. The quantitative estimate of drug-likeness (QED) is 0.898. The minimum absolute atomic E-state index is 0.114. The van der Waals surface area contributed by atoms with Gasteiger partial charge in [0.15, 0.2) is 4.21 Å². The zero-order valence-electron chi connectivity index (χ0n) is 12.3. The number of thiazole rings is 1.